The van der Waals surface area contributed by atoms with Crippen molar-refractivity contribution in [1.82, 2.24) is 10.2 Å². The molecule has 1 atom stereocenters. The monoisotopic (exact) mass is 371 g/mol. The van der Waals surface area contributed by atoms with Gasteiger partial charge in [0.1, 0.15) is 5.76 Å². The first-order chi connectivity index (χ1) is 12.4. The molecule has 1 amide bonds. The van der Waals surface area contributed by atoms with Crippen LogP contribution < -0.4 is 5.32 Å². The highest BCUT2D eigenvalue weighted by Crippen LogP contribution is 2.28. The van der Waals surface area contributed by atoms with Gasteiger partial charge >= 0.3 is 0 Å². The lowest BCUT2D eigenvalue weighted by Crippen LogP contribution is -2.22. The van der Waals surface area contributed by atoms with Gasteiger partial charge < -0.3 is 14.2 Å². The molecule has 3 aromatic rings. The maximum absolute atomic E-state index is 12.4. The number of aryl methyl sites for hydroxylation is 1. The number of Topliss-reactive ketones (excluding diaryl/α,β-unsaturated/α-hetero) is 1. The van der Waals surface area contributed by atoms with Gasteiger partial charge in [0.2, 0.25) is 5.91 Å². The quantitative estimate of drug-likeness (QED) is 0.517. The van der Waals surface area contributed by atoms with E-state index in [0.717, 1.165) is 17.3 Å². The Balaban J connectivity index is 1.65. The van der Waals surface area contributed by atoms with Crippen molar-refractivity contribution in [1.29, 1.82) is 0 Å². The van der Waals surface area contributed by atoms with Gasteiger partial charge in [0.05, 0.1) is 17.1 Å². The molecule has 0 bridgehead atoms. The van der Waals surface area contributed by atoms with E-state index in [0.29, 0.717) is 28.1 Å². The molecule has 8 heteroatoms. The zero-order valence-corrected chi connectivity index (χ0v) is 15.3. The number of aromatic nitrogens is 2. The highest BCUT2D eigenvalue weighted by Gasteiger charge is 2.20. The fraction of sp³-hybridized carbons (Fsp3) is 0.222. The van der Waals surface area contributed by atoms with Gasteiger partial charge in [-0.15, -0.1) is 10.2 Å². The number of nitrogens with zero attached hydrogens (tertiary/aromatic N) is 2. The number of carbonyl (C=O) groups excluding carboxylic acids is 2. The van der Waals surface area contributed by atoms with Crippen molar-refractivity contribution in [3.63, 3.8) is 0 Å². The number of thioether (sulfide) groups is 1. The summed E-state index contributed by atoms with van der Waals surface area (Å²) in [6, 6.07) is 8.55. The van der Waals surface area contributed by atoms with Crippen LogP contribution in [0.25, 0.3) is 11.5 Å². The molecule has 0 saturated carbocycles. The van der Waals surface area contributed by atoms with Gasteiger partial charge in [-0.25, -0.2) is 0 Å². The van der Waals surface area contributed by atoms with Gasteiger partial charge in [-0.3, -0.25) is 9.59 Å². The van der Waals surface area contributed by atoms with E-state index < -0.39 is 5.25 Å². The summed E-state index contributed by atoms with van der Waals surface area (Å²) < 4.78 is 10.8. The third kappa shape index (κ3) is 4.02. The summed E-state index contributed by atoms with van der Waals surface area (Å²) in [5, 5.41) is 10.6. The largest absolute Gasteiger partial charge is 0.469 e. The number of carbonyl (C=O) groups is 2. The van der Waals surface area contributed by atoms with Crippen LogP contribution in [0.5, 0.6) is 0 Å². The molecule has 0 saturated heterocycles. The summed E-state index contributed by atoms with van der Waals surface area (Å²) in [5.41, 5.74) is 1.83. The van der Waals surface area contributed by atoms with Crippen molar-refractivity contribution in [2.75, 3.05) is 5.32 Å². The lowest BCUT2D eigenvalue weighted by molar-refractivity contribution is -0.115. The molecule has 0 aliphatic rings. The number of rotatable bonds is 6. The highest BCUT2D eigenvalue weighted by molar-refractivity contribution is 8.00. The molecule has 3 rings (SSSR count). The molecular formula is C18H17N3O4S. The van der Waals surface area contributed by atoms with Crippen molar-refractivity contribution in [2.24, 2.45) is 0 Å². The average molecular weight is 371 g/mol. The number of benzene rings is 1. The second-order valence-electron chi connectivity index (χ2n) is 5.65. The number of nitrogens with one attached hydrogen (secondary N) is 1. The SMILES string of the molecule is CC(=O)c1cccc(NC(=O)[C@@H](C)Sc2nnc(-c3ccoc3C)o2)c1. The summed E-state index contributed by atoms with van der Waals surface area (Å²) >= 11 is 1.16. The topological polar surface area (TPSA) is 98.2 Å². The first-order valence-corrected chi connectivity index (χ1v) is 8.78. The fourth-order valence-corrected chi connectivity index (χ4v) is 2.92. The van der Waals surface area contributed by atoms with E-state index in [1.165, 1.54) is 6.92 Å². The van der Waals surface area contributed by atoms with E-state index in [9.17, 15) is 9.59 Å². The van der Waals surface area contributed by atoms with Crippen molar-refractivity contribution >= 4 is 29.1 Å². The first-order valence-electron chi connectivity index (χ1n) is 7.90. The molecule has 0 aliphatic heterocycles. The minimum absolute atomic E-state index is 0.0588. The predicted molar refractivity (Wildman–Crippen MR) is 97.1 cm³/mol. The van der Waals surface area contributed by atoms with E-state index >= 15 is 0 Å². The van der Waals surface area contributed by atoms with Crippen molar-refractivity contribution in [3.05, 3.63) is 47.9 Å². The molecule has 0 unspecified atom stereocenters. The van der Waals surface area contributed by atoms with Gasteiger partial charge in [-0.2, -0.15) is 0 Å². The molecule has 1 N–H and O–H groups in total. The fourth-order valence-electron chi connectivity index (χ4n) is 2.24. The third-order valence-electron chi connectivity index (χ3n) is 3.68. The van der Waals surface area contributed by atoms with Gasteiger partial charge in [0.25, 0.3) is 11.1 Å². The van der Waals surface area contributed by atoms with Crippen LogP contribution in [-0.4, -0.2) is 27.1 Å². The molecule has 0 aliphatic carbocycles. The number of amides is 1. The zero-order valence-electron chi connectivity index (χ0n) is 14.5. The Hall–Kier alpha value is -2.87. The zero-order chi connectivity index (χ0) is 18.7. The van der Waals surface area contributed by atoms with E-state index in [1.54, 1.807) is 50.4 Å². The summed E-state index contributed by atoms with van der Waals surface area (Å²) in [7, 11) is 0. The molecule has 26 heavy (non-hydrogen) atoms. The number of anilines is 1. The van der Waals surface area contributed by atoms with Gasteiger partial charge in [-0.1, -0.05) is 23.9 Å². The van der Waals surface area contributed by atoms with Gasteiger partial charge in [0, 0.05) is 11.3 Å². The first kappa shape index (κ1) is 17.9. The normalized spacial score (nSPS) is 12.0. The Labute approximate surface area is 154 Å². The smallest absolute Gasteiger partial charge is 0.277 e. The second-order valence-corrected chi connectivity index (χ2v) is 6.94. The van der Waals surface area contributed by atoms with E-state index in [4.69, 9.17) is 8.83 Å². The Bertz CT molecular complexity index is 947. The van der Waals surface area contributed by atoms with Crippen molar-refractivity contribution in [2.45, 2.75) is 31.2 Å². The Morgan fingerprint density at radius 1 is 1.23 bits per heavy atom. The molecule has 1 aromatic carbocycles. The molecule has 2 aromatic heterocycles. The average Bonchev–Trinajstić information content (AvgIpc) is 3.23. The van der Waals surface area contributed by atoms with Crippen LogP contribution >= 0.6 is 11.8 Å². The lowest BCUT2D eigenvalue weighted by Gasteiger charge is -2.10. The van der Waals surface area contributed by atoms with Crippen LogP contribution in [0.2, 0.25) is 0 Å². The molecular weight excluding hydrogens is 354 g/mol. The van der Waals surface area contributed by atoms with Crippen LogP contribution in [0.3, 0.4) is 0 Å². The second kappa shape index (κ2) is 7.57. The van der Waals surface area contributed by atoms with Crippen LogP contribution in [0, 0.1) is 6.92 Å². The van der Waals surface area contributed by atoms with Crippen molar-refractivity contribution < 1.29 is 18.4 Å². The Kier molecular flexibility index (Phi) is 5.22. The van der Waals surface area contributed by atoms with Crippen LogP contribution in [0.15, 0.2) is 50.7 Å². The minimum atomic E-state index is -0.463. The van der Waals surface area contributed by atoms with Gasteiger partial charge in [-0.05, 0) is 39.0 Å². The summed E-state index contributed by atoms with van der Waals surface area (Å²) in [6.07, 6.45) is 1.55. The Morgan fingerprint density at radius 2 is 2.04 bits per heavy atom. The third-order valence-corrected chi connectivity index (χ3v) is 4.61. The van der Waals surface area contributed by atoms with E-state index in [2.05, 4.69) is 15.5 Å². The number of furan rings is 1. The maximum atomic E-state index is 12.4. The van der Waals surface area contributed by atoms with Gasteiger partial charge in [0.15, 0.2) is 5.78 Å². The molecule has 0 radical (unpaired) electrons. The summed E-state index contributed by atoms with van der Waals surface area (Å²) in [6.45, 7) is 5.02. The molecule has 7 nitrogen and oxygen atoms in total. The number of ketones is 1. The van der Waals surface area contributed by atoms with E-state index in [1.807, 2.05) is 0 Å². The number of hydrogen-bond acceptors (Lipinski definition) is 7. The molecule has 134 valence electrons. The standard InChI is InChI=1S/C18H17N3O4S/c1-10(22)13-5-4-6-14(9-13)19-16(23)12(3)26-18-21-20-17(25-18)15-7-8-24-11(15)2/h4-9,12H,1-3H3,(H,19,23)/t12-/m1/s1. The van der Waals surface area contributed by atoms with Crippen LogP contribution in [-0.2, 0) is 4.79 Å². The predicted octanol–water partition coefficient (Wildman–Crippen LogP) is 3.96. The van der Waals surface area contributed by atoms with Crippen LogP contribution in [0.4, 0.5) is 5.69 Å². The van der Waals surface area contributed by atoms with Crippen LogP contribution in [0.1, 0.15) is 30.0 Å². The molecule has 2 heterocycles. The molecule has 0 fully saturated rings. The Morgan fingerprint density at radius 3 is 2.73 bits per heavy atom. The summed E-state index contributed by atoms with van der Waals surface area (Å²) in [5.74, 6) is 0.744. The number of hydrogen-bond donors (Lipinski definition) is 1. The van der Waals surface area contributed by atoms with E-state index in [-0.39, 0.29) is 11.7 Å². The maximum Gasteiger partial charge on any atom is 0.277 e. The minimum Gasteiger partial charge on any atom is -0.469 e. The molecule has 0 spiro atoms. The highest BCUT2D eigenvalue weighted by atomic mass is 32.2. The lowest BCUT2D eigenvalue weighted by atomic mass is 10.1. The summed E-state index contributed by atoms with van der Waals surface area (Å²) in [4.78, 5) is 23.8. The van der Waals surface area contributed by atoms with Crippen molar-refractivity contribution in [3.8, 4) is 11.5 Å².